The molecule has 2 aromatic heterocycles. The summed E-state index contributed by atoms with van der Waals surface area (Å²) < 4.78 is 36.6. The Morgan fingerprint density at radius 2 is 2.03 bits per heavy atom. The minimum atomic E-state index is -3.84. The highest BCUT2D eigenvalue weighted by Gasteiger charge is 2.38. The van der Waals surface area contributed by atoms with Gasteiger partial charge in [0.1, 0.15) is 10.3 Å². The number of carbonyl (C=O) groups excluding carboxylic acids is 1. The number of ether oxygens (including phenoxy) is 1. The summed E-state index contributed by atoms with van der Waals surface area (Å²) in [6.07, 6.45) is 1.88. The summed E-state index contributed by atoms with van der Waals surface area (Å²) in [5.41, 5.74) is 0.900. The summed E-state index contributed by atoms with van der Waals surface area (Å²) in [4.78, 5) is 18.2. The molecule has 1 saturated heterocycles. The molecule has 0 spiro atoms. The maximum Gasteiger partial charge on any atom is 0.266 e. The number of halogens is 2. The molecule has 1 aliphatic rings. The fourth-order valence-corrected chi connectivity index (χ4v) is 8.41. The quantitative estimate of drug-likeness (QED) is 0.398. The van der Waals surface area contributed by atoms with E-state index in [1.54, 1.807) is 12.1 Å². The van der Waals surface area contributed by atoms with Crippen LogP contribution in [0.3, 0.4) is 0 Å². The lowest BCUT2D eigenvalue weighted by Crippen LogP contribution is -2.47. The molecule has 3 heterocycles. The van der Waals surface area contributed by atoms with Crippen LogP contribution in [0.1, 0.15) is 26.2 Å². The van der Waals surface area contributed by atoms with Gasteiger partial charge in [-0.15, -0.1) is 11.3 Å². The van der Waals surface area contributed by atoms with Crippen molar-refractivity contribution in [2.75, 3.05) is 19.8 Å². The molecule has 0 radical (unpaired) electrons. The summed E-state index contributed by atoms with van der Waals surface area (Å²) in [7, 11) is -3.84. The lowest BCUT2D eigenvalue weighted by Gasteiger charge is -2.31. The maximum atomic E-state index is 13.3. The van der Waals surface area contributed by atoms with Crippen LogP contribution in [-0.4, -0.2) is 49.0 Å². The van der Waals surface area contributed by atoms with E-state index in [1.165, 1.54) is 21.7 Å². The average molecular weight is 549 g/mol. The molecule has 3 aromatic rings. The number of benzene rings is 1. The minimum absolute atomic E-state index is 0.135. The first kappa shape index (κ1) is 24.8. The number of thiazole rings is 1. The van der Waals surface area contributed by atoms with Crippen LogP contribution in [0.15, 0.2) is 39.5 Å². The SMILES string of the molecule is CCOCCn1c(=NC(=O)C2CCCCN2S(=O)(=O)c2ccc(Cl)s2)sc2cc(Cl)ccc21. The molecule has 0 bridgehead atoms. The van der Waals surface area contributed by atoms with Gasteiger partial charge in [0, 0.05) is 24.7 Å². The Morgan fingerprint density at radius 3 is 2.76 bits per heavy atom. The van der Waals surface area contributed by atoms with E-state index >= 15 is 0 Å². The van der Waals surface area contributed by atoms with Gasteiger partial charge in [-0.05, 0) is 50.1 Å². The van der Waals surface area contributed by atoms with E-state index < -0.39 is 22.0 Å². The summed E-state index contributed by atoms with van der Waals surface area (Å²) in [6.45, 7) is 3.76. The van der Waals surface area contributed by atoms with E-state index in [-0.39, 0.29) is 10.8 Å². The third kappa shape index (κ3) is 5.37. The molecule has 1 fully saturated rings. The Bertz CT molecular complexity index is 1330. The van der Waals surface area contributed by atoms with Crippen LogP contribution in [-0.2, 0) is 26.1 Å². The van der Waals surface area contributed by atoms with Crippen molar-refractivity contribution in [3.8, 4) is 0 Å². The van der Waals surface area contributed by atoms with Gasteiger partial charge >= 0.3 is 0 Å². The highest BCUT2D eigenvalue weighted by Crippen LogP contribution is 2.32. The Morgan fingerprint density at radius 1 is 1.21 bits per heavy atom. The van der Waals surface area contributed by atoms with Crippen LogP contribution >= 0.6 is 45.9 Å². The van der Waals surface area contributed by atoms with E-state index in [4.69, 9.17) is 27.9 Å². The van der Waals surface area contributed by atoms with Crippen molar-refractivity contribution in [2.24, 2.45) is 4.99 Å². The van der Waals surface area contributed by atoms with Crippen LogP contribution in [0.25, 0.3) is 10.2 Å². The molecule has 1 unspecified atom stereocenters. The second kappa shape index (κ2) is 10.6. The number of hydrogen-bond donors (Lipinski definition) is 0. The standard InChI is InChI=1S/C21H23Cl2N3O4S3/c1-2-30-12-11-25-15-7-6-14(22)13-17(15)31-21(25)24-20(27)16-5-3-4-10-26(16)33(28,29)19-9-8-18(23)32-19/h6-9,13,16H,2-5,10-12H2,1H3. The van der Waals surface area contributed by atoms with Gasteiger partial charge in [-0.1, -0.05) is 41.0 Å². The van der Waals surface area contributed by atoms with Crippen molar-refractivity contribution in [1.29, 1.82) is 0 Å². The first-order valence-electron chi connectivity index (χ1n) is 10.5. The first-order valence-corrected chi connectivity index (χ1v) is 14.4. The van der Waals surface area contributed by atoms with E-state index in [1.807, 2.05) is 23.6 Å². The molecule has 7 nitrogen and oxygen atoms in total. The highest BCUT2D eigenvalue weighted by molar-refractivity contribution is 7.91. The second-order valence-electron chi connectivity index (χ2n) is 7.48. The van der Waals surface area contributed by atoms with Crippen molar-refractivity contribution < 1.29 is 17.9 Å². The topological polar surface area (TPSA) is 81.0 Å². The molecule has 33 heavy (non-hydrogen) atoms. The largest absolute Gasteiger partial charge is 0.380 e. The monoisotopic (exact) mass is 547 g/mol. The van der Waals surface area contributed by atoms with Crippen LogP contribution in [0, 0.1) is 0 Å². The molecule has 12 heteroatoms. The molecule has 1 amide bonds. The molecule has 178 valence electrons. The molecule has 1 aliphatic heterocycles. The summed E-state index contributed by atoms with van der Waals surface area (Å²) in [6, 6.07) is 7.70. The summed E-state index contributed by atoms with van der Waals surface area (Å²) >= 11 is 14.5. The molecule has 0 N–H and O–H groups in total. The molecule has 0 saturated carbocycles. The molecule has 0 aliphatic carbocycles. The molecule has 4 rings (SSSR count). The fraction of sp³-hybridized carbons (Fsp3) is 0.429. The van der Waals surface area contributed by atoms with Crippen molar-refractivity contribution in [2.45, 2.75) is 43.0 Å². The predicted molar refractivity (Wildman–Crippen MR) is 133 cm³/mol. The van der Waals surface area contributed by atoms with Crippen LogP contribution in [0.4, 0.5) is 0 Å². The normalized spacial score (nSPS) is 18.3. The van der Waals surface area contributed by atoms with E-state index in [9.17, 15) is 13.2 Å². The van der Waals surface area contributed by atoms with Crippen molar-refractivity contribution >= 4 is 72.0 Å². The van der Waals surface area contributed by atoms with Crippen molar-refractivity contribution in [1.82, 2.24) is 8.87 Å². The Kier molecular flexibility index (Phi) is 7.95. The van der Waals surface area contributed by atoms with Gasteiger partial charge in [-0.3, -0.25) is 4.79 Å². The van der Waals surface area contributed by atoms with Gasteiger partial charge in [0.15, 0.2) is 4.80 Å². The van der Waals surface area contributed by atoms with E-state index in [0.717, 1.165) is 28.0 Å². The lowest BCUT2D eigenvalue weighted by atomic mass is 10.0. The maximum absolute atomic E-state index is 13.3. The van der Waals surface area contributed by atoms with Gasteiger partial charge in [0.25, 0.3) is 15.9 Å². The van der Waals surface area contributed by atoms with E-state index in [0.29, 0.717) is 46.8 Å². The lowest BCUT2D eigenvalue weighted by molar-refractivity contribution is -0.122. The van der Waals surface area contributed by atoms with Crippen LogP contribution in [0.2, 0.25) is 9.36 Å². The number of fused-ring (bicyclic) bond motifs is 1. The van der Waals surface area contributed by atoms with Gasteiger partial charge < -0.3 is 9.30 Å². The predicted octanol–water partition coefficient (Wildman–Crippen LogP) is 4.78. The zero-order valence-corrected chi connectivity index (χ0v) is 21.8. The van der Waals surface area contributed by atoms with Gasteiger partial charge in [0.05, 0.1) is 21.2 Å². The fourth-order valence-electron chi connectivity index (χ4n) is 3.81. The van der Waals surface area contributed by atoms with Gasteiger partial charge in [-0.25, -0.2) is 8.42 Å². The molecule has 1 aromatic carbocycles. The number of amides is 1. The number of nitrogens with zero attached hydrogens (tertiary/aromatic N) is 3. The number of carbonyl (C=O) groups is 1. The highest BCUT2D eigenvalue weighted by atomic mass is 35.5. The number of aromatic nitrogens is 1. The molecular weight excluding hydrogens is 525 g/mol. The number of hydrogen-bond acceptors (Lipinski definition) is 6. The first-order chi connectivity index (χ1) is 15.8. The number of rotatable bonds is 7. The minimum Gasteiger partial charge on any atom is -0.380 e. The number of sulfonamides is 1. The molecule has 1 atom stereocenters. The van der Waals surface area contributed by atoms with Crippen molar-refractivity contribution in [3.05, 3.63) is 44.5 Å². The zero-order chi connectivity index (χ0) is 23.6. The number of piperidine rings is 1. The van der Waals surface area contributed by atoms with Crippen molar-refractivity contribution in [3.63, 3.8) is 0 Å². The Hall–Kier alpha value is -1.27. The third-order valence-corrected chi connectivity index (χ3v) is 10.2. The molecular formula is C21H23Cl2N3O4S3. The van der Waals surface area contributed by atoms with Gasteiger partial charge in [-0.2, -0.15) is 9.30 Å². The number of thiophene rings is 1. The zero-order valence-electron chi connectivity index (χ0n) is 17.9. The van der Waals surface area contributed by atoms with Gasteiger partial charge in [0.2, 0.25) is 0 Å². The summed E-state index contributed by atoms with van der Waals surface area (Å²) in [5, 5.41) is 0.595. The smallest absolute Gasteiger partial charge is 0.266 e. The Balaban J connectivity index is 1.72. The van der Waals surface area contributed by atoms with Crippen LogP contribution in [0.5, 0.6) is 0 Å². The Labute approximate surface area is 210 Å². The summed E-state index contributed by atoms with van der Waals surface area (Å²) in [5.74, 6) is -0.469. The third-order valence-electron chi connectivity index (χ3n) is 5.36. The average Bonchev–Trinajstić information content (AvgIpc) is 3.37. The second-order valence-corrected chi connectivity index (χ2v) is 12.8. The van der Waals surface area contributed by atoms with Crippen LogP contribution < -0.4 is 4.80 Å². The van der Waals surface area contributed by atoms with E-state index in [2.05, 4.69) is 4.99 Å².